The molecular weight excluding hydrogens is 494 g/mol. The van der Waals surface area contributed by atoms with Crippen LogP contribution in [0, 0.1) is 5.92 Å². The van der Waals surface area contributed by atoms with Crippen molar-refractivity contribution in [1.29, 1.82) is 0 Å². The number of carbonyl (C=O) groups excluding carboxylic acids is 1. The number of rotatable bonds is 6. The minimum Gasteiger partial charge on any atom is -0.340 e. The highest BCUT2D eigenvalue weighted by Gasteiger charge is 2.31. The zero-order valence-corrected chi connectivity index (χ0v) is 20.9. The minimum atomic E-state index is 0.123. The molecule has 3 heterocycles. The molecule has 0 spiro atoms. The van der Waals surface area contributed by atoms with E-state index >= 15 is 0 Å². The first-order valence-electron chi connectivity index (χ1n) is 12.0. The van der Waals surface area contributed by atoms with Crippen molar-refractivity contribution in [2.75, 3.05) is 39.3 Å². The van der Waals surface area contributed by atoms with Crippen LogP contribution in [0.1, 0.15) is 24.3 Å². The van der Waals surface area contributed by atoms with Gasteiger partial charge in [-0.05, 0) is 55.8 Å². The van der Waals surface area contributed by atoms with Crippen molar-refractivity contribution >= 4 is 21.8 Å². The molecule has 178 valence electrons. The van der Waals surface area contributed by atoms with Gasteiger partial charge in [-0.3, -0.25) is 14.6 Å². The fraction of sp³-hybridized carbons (Fsp3) is 0.423. The molecule has 2 saturated heterocycles. The largest absolute Gasteiger partial charge is 0.340 e. The van der Waals surface area contributed by atoms with Crippen LogP contribution >= 0.6 is 15.9 Å². The van der Waals surface area contributed by atoms with Crippen LogP contribution in [0.4, 0.5) is 0 Å². The van der Waals surface area contributed by atoms with Gasteiger partial charge in [-0.1, -0.05) is 51.4 Å². The summed E-state index contributed by atoms with van der Waals surface area (Å²) in [7, 11) is 0. The van der Waals surface area contributed by atoms with E-state index in [1.165, 1.54) is 5.56 Å². The molecule has 0 unspecified atom stereocenters. The van der Waals surface area contributed by atoms with Gasteiger partial charge in [0.05, 0.1) is 6.54 Å². The maximum atomic E-state index is 13.1. The zero-order chi connectivity index (χ0) is 23.3. The SMILES string of the molecule is O=C(C1CCN(Cc2nc(-c3ccc(Br)cc3)no2)CC1)N1CCN(Cc2ccccc2)CC1. The summed E-state index contributed by atoms with van der Waals surface area (Å²) in [6.45, 7) is 6.87. The molecule has 8 heteroatoms. The number of halogens is 1. The molecule has 2 fully saturated rings. The first-order valence-corrected chi connectivity index (χ1v) is 12.8. The second-order valence-electron chi connectivity index (χ2n) is 9.16. The van der Waals surface area contributed by atoms with Gasteiger partial charge in [0.15, 0.2) is 0 Å². The fourth-order valence-electron chi connectivity index (χ4n) is 4.79. The molecule has 1 aromatic heterocycles. The lowest BCUT2D eigenvalue weighted by Gasteiger charge is -2.38. The van der Waals surface area contributed by atoms with Gasteiger partial charge in [-0.15, -0.1) is 0 Å². The molecule has 0 atom stereocenters. The van der Waals surface area contributed by atoms with Crippen molar-refractivity contribution in [2.24, 2.45) is 5.92 Å². The molecule has 2 aliphatic rings. The molecule has 2 aromatic carbocycles. The Bertz CT molecular complexity index is 1070. The van der Waals surface area contributed by atoms with Crippen LogP contribution in [0.5, 0.6) is 0 Å². The van der Waals surface area contributed by atoms with Gasteiger partial charge < -0.3 is 9.42 Å². The molecule has 2 aliphatic heterocycles. The Hall–Kier alpha value is -2.55. The molecule has 3 aromatic rings. The van der Waals surface area contributed by atoms with Gasteiger partial charge in [-0.2, -0.15) is 4.98 Å². The summed E-state index contributed by atoms with van der Waals surface area (Å²) in [5, 5.41) is 4.13. The van der Waals surface area contributed by atoms with Gasteiger partial charge >= 0.3 is 0 Å². The molecule has 7 nitrogen and oxygen atoms in total. The molecule has 0 saturated carbocycles. The Morgan fingerprint density at radius 2 is 1.56 bits per heavy atom. The van der Waals surface area contributed by atoms with Crippen LogP contribution < -0.4 is 0 Å². The van der Waals surface area contributed by atoms with Crippen LogP contribution in [-0.4, -0.2) is 70.0 Å². The Morgan fingerprint density at radius 1 is 0.882 bits per heavy atom. The molecule has 0 bridgehead atoms. The van der Waals surface area contributed by atoms with Crippen molar-refractivity contribution in [2.45, 2.75) is 25.9 Å². The summed E-state index contributed by atoms with van der Waals surface area (Å²) in [5.74, 6) is 1.68. The lowest BCUT2D eigenvalue weighted by Crippen LogP contribution is -2.51. The summed E-state index contributed by atoms with van der Waals surface area (Å²) in [6, 6.07) is 18.4. The quantitative estimate of drug-likeness (QED) is 0.485. The smallest absolute Gasteiger partial charge is 0.241 e. The average Bonchev–Trinajstić information content (AvgIpc) is 3.34. The fourth-order valence-corrected chi connectivity index (χ4v) is 5.06. The third-order valence-corrected chi connectivity index (χ3v) is 7.33. The molecule has 1 amide bonds. The van der Waals surface area contributed by atoms with Crippen molar-refractivity contribution in [3.63, 3.8) is 0 Å². The predicted octanol–water partition coefficient (Wildman–Crippen LogP) is 4.06. The van der Waals surface area contributed by atoms with E-state index in [2.05, 4.69) is 71.1 Å². The minimum absolute atomic E-state index is 0.123. The molecule has 5 rings (SSSR count). The van der Waals surface area contributed by atoms with Gasteiger partial charge in [0.2, 0.25) is 17.6 Å². The number of hydrogen-bond donors (Lipinski definition) is 0. The van der Waals surface area contributed by atoms with Crippen LogP contribution in [0.15, 0.2) is 63.6 Å². The second-order valence-corrected chi connectivity index (χ2v) is 10.1. The van der Waals surface area contributed by atoms with E-state index in [1.54, 1.807) is 0 Å². The van der Waals surface area contributed by atoms with E-state index in [0.29, 0.717) is 24.2 Å². The van der Waals surface area contributed by atoms with E-state index in [9.17, 15) is 4.79 Å². The van der Waals surface area contributed by atoms with Crippen LogP contribution in [0.2, 0.25) is 0 Å². The van der Waals surface area contributed by atoms with E-state index in [4.69, 9.17) is 4.52 Å². The maximum Gasteiger partial charge on any atom is 0.241 e. The van der Waals surface area contributed by atoms with Crippen LogP contribution in [-0.2, 0) is 17.9 Å². The first kappa shape index (κ1) is 23.2. The number of hydrogen-bond acceptors (Lipinski definition) is 6. The van der Waals surface area contributed by atoms with Gasteiger partial charge in [0.25, 0.3) is 0 Å². The zero-order valence-electron chi connectivity index (χ0n) is 19.3. The number of aromatic nitrogens is 2. The van der Waals surface area contributed by atoms with Crippen molar-refractivity contribution < 1.29 is 9.32 Å². The van der Waals surface area contributed by atoms with E-state index in [1.807, 2.05) is 24.3 Å². The molecular formula is C26H30BrN5O2. The number of benzene rings is 2. The normalized spacial score (nSPS) is 18.3. The first-order chi connectivity index (χ1) is 16.6. The third kappa shape index (κ3) is 5.74. The Labute approximate surface area is 208 Å². The second kappa shape index (κ2) is 10.8. The molecule has 34 heavy (non-hydrogen) atoms. The number of carbonyl (C=O) groups is 1. The van der Waals surface area contributed by atoms with E-state index < -0.39 is 0 Å². The predicted molar refractivity (Wildman–Crippen MR) is 134 cm³/mol. The van der Waals surface area contributed by atoms with Crippen molar-refractivity contribution in [3.8, 4) is 11.4 Å². The molecule has 0 aliphatic carbocycles. The Balaban J connectivity index is 1.06. The lowest BCUT2D eigenvalue weighted by atomic mass is 9.95. The lowest BCUT2D eigenvalue weighted by molar-refractivity contribution is -0.139. The number of nitrogens with zero attached hydrogens (tertiary/aromatic N) is 5. The Kier molecular flexibility index (Phi) is 7.37. The summed E-state index contributed by atoms with van der Waals surface area (Å²) in [5.41, 5.74) is 2.27. The summed E-state index contributed by atoms with van der Waals surface area (Å²) < 4.78 is 6.50. The maximum absolute atomic E-state index is 13.1. The number of piperazine rings is 1. The van der Waals surface area contributed by atoms with Crippen molar-refractivity contribution in [3.05, 3.63) is 70.5 Å². The monoisotopic (exact) mass is 523 g/mol. The van der Waals surface area contributed by atoms with Crippen molar-refractivity contribution in [1.82, 2.24) is 24.8 Å². The average molecular weight is 524 g/mol. The highest BCUT2D eigenvalue weighted by Crippen LogP contribution is 2.23. The van der Waals surface area contributed by atoms with E-state index in [-0.39, 0.29) is 5.92 Å². The molecule has 0 N–H and O–H groups in total. The van der Waals surface area contributed by atoms with Crippen LogP contribution in [0.3, 0.4) is 0 Å². The topological polar surface area (TPSA) is 65.7 Å². The van der Waals surface area contributed by atoms with E-state index in [0.717, 1.165) is 68.7 Å². The molecule has 0 radical (unpaired) electrons. The Morgan fingerprint density at radius 3 is 2.26 bits per heavy atom. The number of amides is 1. The highest BCUT2D eigenvalue weighted by molar-refractivity contribution is 9.10. The number of likely N-dealkylation sites (tertiary alicyclic amines) is 1. The van der Waals surface area contributed by atoms with Crippen LogP contribution in [0.25, 0.3) is 11.4 Å². The van der Waals surface area contributed by atoms with Gasteiger partial charge in [0, 0.05) is 48.7 Å². The standard InChI is InChI=1S/C26H30BrN5O2/c27-23-8-6-21(7-9-23)25-28-24(34-29-25)19-30-12-10-22(11-13-30)26(33)32-16-14-31(15-17-32)18-20-4-2-1-3-5-20/h1-9,22H,10-19H2. The highest BCUT2D eigenvalue weighted by atomic mass is 79.9. The summed E-state index contributed by atoms with van der Waals surface area (Å²) in [4.78, 5) is 24.5. The summed E-state index contributed by atoms with van der Waals surface area (Å²) in [6.07, 6.45) is 1.77. The summed E-state index contributed by atoms with van der Waals surface area (Å²) >= 11 is 3.44. The van der Waals surface area contributed by atoms with Gasteiger partial charge in [0.1, 0.15) is 0 Å². The van der Waals surface area contributed by atoms with Gasteiger partial charge in [-0.25, -0.2) is 0 Å². The third-order valence-electron chi connectivity index (χ3n) is 6.80. The number of piperidine rings is 1.